The number of carbonyl (C=O) groups excluding carboxylic acids is 1. The molecule has 0 atom stereocenters. The highest BCUT2D eigenvalue weighted by Crippen LogP contribution is 2.26. The predicted octanol–water partition coefficient (Wildman–Crippen LogP) is 0.945. The van der Waals surface area contributed by atoms with Crippen LogP contribution in [-0.4, -0.2) is 10.9 Å². The van der Waals surface area contributed by atoms with Crippen molar-refractivity contribution in [1.82, 2.24) is 4.57 Å². The van der Waals surface area contributed by atoms with Crippen LogP contribution in [0.1, 0.15) is 16.1 Å². The molecule has 0 aliphatic carbocycles. The molecule has 0 fully saturated rings. The van der Waals surface area contributed by atoms with Gasteiger partial charge in [-0.3, -0.25) is 4.79 Å². The third-order valence-corrected chi connectivity index (χ3v) is 2.03. The van der Waals surface area contributed by atoms with Gasteiger partial charge < -0.3 is 10.3 Å². The second-order valence-corrected chi connectivity index (χ2v) is 2.63. The molecule has 1 heterocycles. The Morgan fingerprint density at radius 1 is 1.75 bits per heavy atom. The maximum absolute atomic E-state index is 10.5. The van der Waals surface area contributed by atoms with Gasteiger partial charge >= 0.3 is 0 Å². The quantitative estimate of drug-likeness (QED) is 0.659. The van der Waals surface area contributed by atoms with Gasteiger partial charge in [-0.2, -0.15) is 5.26 Å². The lowest BCUT2D eigenvalue weighted by atomic mass is 10.3. The summed E-state index contributed by atoms with van der Waals surface area (Å²) in [5.74, 6) is 0.213. The van der Waals surface area contributed by atoms with Gasteiger partial charge in [0.1, 0.15) is 23.1 Å². The standard InChI is InChI=1S/C7H6ClN3O/c1-11-5(3-12)6(8)4(2-9)7(11)10/h3H,10H2,1H3. The van der Waals surface area contributed by atoms with Gasteiger partial charge in [-0.15, -0.1) is 0 Å². The van der Waals surface area contributed by atoms with Gasteiger partial charge in [0.25, 0.3) is 0 Å². The van der Waals surface area contributed by atoms with Crippen molar-refractivity contribution in [2.24, 2.45) is 7.05 Å². The Morgan fingerprint density at radius 2 is 2.33 bits per heavy atom. The molecular weight excluding hydrogens is 178 g/mol. The summed E-state index contributed by atoms with van der Waals surface area (Å²) in [6, 6.07) is 1.82. The summed E-state index contributed by atoms with van der Waals surface area (Å²) in [5.41, 5.74) is 5.87. The van der Waals surface area contributed by atoms with Crippen molar-refractivity contribution in [2.75, 3.05) is 5.73 Å². The molecule has 5 heteroatoms. The van der Waals surface area contributed by atoms with E-state index in [9.17, 15) is 4.79 Å². The minimum absolute atomic E-state index is 0.118. The first-order chi connectivity index (χ1) is 5.63. The molecule has 1 aromatic heterocycles. The summed E-state index contributed by atoms with van der Waals surface area (Å²) in [6.07, 6.45) is 0.569. The largest absolute Gasteiger partial charge is 0.384 e. The van der Waals surface area contributed by atoms with Gasteiger partial charge in [-0.05, 0) is 0 Å². The number of nitrogens with two attached hydrogens (primary N) is 1. The Hall–Kier alpha value is -1.47. The second kappa shape index (κ2) is 2.88. The lowest BCUT2D eigenvalue weighted by molar-refractivity contribution is 0.111. The highest BCUT2D eigenvalue weighted by Gasteiger charge is 2.16. The third kappa shape index (κ3) is 0.953. The van der Waals surface area contributed by atoms with E-state index in [0.29, 0.717) is 6.29 Å². The first-order valence-electron chi connectivity index (χ1n) is 3.12. The zero-order valence-corrected chi connectivity index (χ0v) is 7.09. The molecule has 0 saturated heterocycles. The smallest absolute Gasteiger partial charge is 0.168 e. The number of aldehydes is 1. The average molecular weight is 184 g/mol. The molecule has 1 aromatic rings. The van der Waals surface area contributed by atoms with Crippen molar-refractivity contribution in [1.29, 1.82) is 5.26 Å². The lowest BCUT2D eigenvalue weighted by Gasteiger charge is -1.95. The van der Waals surface area contributed by atoms with Crippen molar-refractivity contribution in [3.63, 3.8) is 0 Å². The maximum Gasteiger partial charge on any atom is 0.168 e. The van der Waals surface area contributed by atoms with Crippen LogP contribution in [0.5, 0.6) is 0 Å². The Labute approximate surface area is 74.1 Å². The summed E-state index contributed by atoms with van der Waals surface area (Å²) in [5, 5.41) is 8.71. The normalized spacial score (nSPS) is 9.42. The van der Waals surface area contributed by atoms with Crippen LogP contribution >= 0.6 is 11.6 Å². The van der Waals surface area contributed by atoms with E-state index in [0.717, 1.165) is 0 Å². The maximum atomic E-state index is 10.5. The molecule has 0 aliphatic rings. The Kier molecular flexibility index (Phi) is 2.07. The Morgan fingerprint density at radius 3 is 2.58 bits per heavy atom. The molecule has 0 radical (unpaired) electrons. The van der Waals surface area contributed by atoms with Gasteiger partial charge in [0.15, 0.2) is 6.29 Å². The molecule has 0 aliphatic heterocycles. The summed E-state index contributed by atoms with van der Waals surface area (Å²) >= 11 is 5.68. The molecule has 4 nitrogen and oxygen atoms in total. The average Bonchev–Trinajstić information content (AvgIpc) is 2.25. The van der Waals surface area contributed by atoms with Crippen molar-refractivity contribution in [3.8, 4) is 6.07 Å². The van der Waals surface area contributed by atoms with Crippen molar-refractivity contribution < 1.29 is 4.79 Å². The number of aromatic nitrogens is 1. The van der Waals surface area contributed by atoms with Crippen LogP contribution in [-0.2, 0) is 7.05 Å². The fourth-order valence-corrected chi connectivity index (χ4v) is 1.23. The van der Waals surface area contributed by atoms with E-state index in [-0.39, 0.29) is 22.1 Å². The highest BCUT2D eigenvalue weighted by molar-refractivity contribution is 6.34. The van der Waals surface area contributed by atoms with E-state index in [1.807, 2.05) is 6.07 Å². The number of nitriles is 1. The van der Waals surface area contributed by atoms with E-state index in [4.69, 9.17) is 22.6 Å². The molecule has 1 rings (SSSR count). The molecule has 12 heavy (non-hydrogen) atoms. The van der Waals surface area contributed by atoms with Crippen LogP contribution in [0.25, 0.3) is 0 Å². The molecule has 0 spiro atoms. The zero-order valence-electron chi connectivity index (χ0n) is 6.34. The number of rotatable bonds is 1. The fraction of sp³-hybridized carbons (Fsp3) is 0.143. The topological polar surface area (TPSA) is 71.8 Å². The fourth-order valence-electron chi connectivity index (χ4n) is 0.922. The van der Waals surface area contributed by atoms with Crippen LogP contribution in [0.2, 0.25) is 5.02 Å². The number of anilines is 1. The molecule has 0 saturated carbocycles. The van der Waals surface area contributed by atoms with E-state index in [2.05, 4.69) is 0 Å². The summed E-state index contributed by atoms with van der Waals surface area (Å²) in [6.45, 7) is 0. The molecule has 2 N–H and O–H groups in total. The van der Waals surface area contributed by atoms with Gasteiger partial charge in [0.2, 0.25) is 0 Å². The highest BCUT2D eigenvalue weighted by atomic mass is 35.5. The summed E-state index contributed by atoms with van der Waals surface area (Å²) in [7, 11) is 1.58. The summed E-state index contributed by atoms with van der Waals surface area (Å²) < 4.78 is 1.38. The molecule has 0 bridgehead atoms. The number of hydrogen-bond donors (Lipinski definition) is 1. The minimum atomic E-state index is 0.118. The number of hydrogen-bond acceptors (Lipinski definition) is 3. The first-order valence-corrected chi connectivity index (χ1v) is 3.50. The first kappa shape index (κ1) is 8.62. The van der Waals surface area contributed by atoms with Crippen LogP contribution in [0.4, 0.5) is 5.82 Å². The minimum Gasteiger partial charge on any atom is -0.384 e. The molecule has 0 amide bonds. The van der Waals surface area contributed by atoms with E-state index in [1.165, 1.54) is 4.57 Å². The number of nitrogen functional groups attached to an aromatic ring is 1. The van der Waals surface area contributed by atoms with E-state index >= 15 is 0 Å². The number of halogens is 1. The predicted molar refractivity (Wildman–Crippen MR) is 44.9 cm³/mol. The monoisotopic (exact) mass is 183 g/mol. The zero-order chi connectivity index (χ0) is 9.30. The molecule has 0 aromatic carbocycles. The van der Waals surface area contributed by atoms with Crippen LogP contribution in [0.3, 0.4) is 0 Å². The Balaban J connectivity index is 3.56. The van der Waals surface area contributed by atoms with Crippen LogP contribution in [0, 0.1) is 11.3 Å². The van der Waals surface area contributed by atoms with Gasteiger partial charge in [-0.25, -0.2) is 0 Å². The lowest BCUT2D eigenvalue weighted by Crippen LogP contribution is -2.00. The third-order valence-electron chi connectivity index (χ3n) is 1.65. The van der Waals surface area contributed by atoms with Gasteiger partial charge in [0.05, 0.1) is 5.02 Å². The van der Waals surface area contributed by atoms with E-state index < -0.39 is 0 Å². The van der Waals surface area contributed by atoms with Gasteiger partial charge in [-0.1, -0.05) is 11.6 Å². The van der Waals surface area contributed by atoms with Crippen molar-refractivity contribution in [2.45, 2.75) is 0 Å². The SMILES string of the molecule is Cn1c(N)c(C#N)c(Cl)c1C=O. The van der Waals surface area contributed by atoms with Crippen molar-refractivity contribution >= 4 is 23.7 Å². The second-order valence-electron chi connectivity index (χ2n) is 2.25. The molecular formula is C7H6ClN3O. The van der Waals surface area contributed by atoms with Gasteiger partial charge in [0, 0.05) is 7.05 Å². The van der Waals surface area contributed by atoms with Crippen LogP contribution in [0.15, 0.2) is 0 Å². The molecule has 0 unspecified atom stereocenters. The van der Waals surface area contributed by atoms with Crippen LogP contribution < -0.4 is 5.73 Å². The molecule has 62 valence electrons. The Bertz CT molecular complexity index is 375. The van der Waals surface area contributed by atoms with Crippen molar-refractivity contribution in [3.05, 3.63) is 16.3 Å². The summed E-state index contributed by atoms with van der Waals surface area (Å²) in [4.78, 5) is 10.5. The number of nitrogens with zero attached hydrogens (tertiary/aromatic N) is 2. The van der Waals surface area contributed by atoms with E-state index in [1.54, 1.807) is 7.05 Å². The number of carbonyl (C=O) groups is 1.